The van der Waals surface area contributed by atoms with E-state index in [9.17, 15) is 13.2 Å². The number of benzene rings is 2. The molecule has 0 saturated heterocycles. The Morgan fingerprint density at radius 1 is 1.16 bits per heavy atom. The maximum absolute atomic E-state index is 12.3. The Balaban J connectivity index is 2.25. The molecule has 130 valence electrons. The SMILES string of the molecule is Cc1cc(C)cc(N(CC(=O)Nc2cccc(C#N)c2)S(C)(=O)=O)c1. The van der Waals surface area contributed by atoms with Crippen LogP contribution in [0, 0.1) is 25.2 Å². The van der Waals surface area contributed by atoms with Gasteiger partial charge in [0.15, 0.2) is 0 Å². The van der Waals surface area contributed by atoms with Crippen molar-refractivity contribution >= 4 is 27.3 Å². The number of nitriles is 1. The second-order valence-electron chi connectivity index (χ2n) is 5.86. The molecule has 7 heteroatoms. The van der Waals surface area contributed by atoms with E-state index >= 15 is 0 Å². The lowest BCUT2D eigenvalue weighted by Gasteiger charge is -2.22. The fourth-order valence-electron chi connectivity index (χ4n) is 2.49. The smallest absolute Gasteiger partial charge is 0.245 e. The maximum atomic E-state index is 12.3. The first-order chi connectivity index (χ1) is 11.7. The summed E-state index contributed by atoms with van der Waals surface area (Å²) < 4.78 is 25.4. The third-order valence-corrected chi connectivity index (χ3v) is 4.60. The van der Waals surface area contributed by atoms with Gasteiger partial charge < -0.3 is 5.32 Å². The highest BCUT2D eigenvalue weighted by Gasteiger charge is 2.21. The second-order valence-corrected chi connectivity index (χ2v) is 7.76. The van der Waals surface area contributed by atoms with Crippen LogP contribution in [0.1, 0.15) is 16.7 Å². The predicted octanol–water partition coefficient (Wildman–Crippen LogP) is 2.58. The molecule has 0 bridgehead atoms. The zero-order chi connectivity index (χ0) is 18.6. The molecule has 2 aromatic rings. The molecule has 2 aromatic carbocycles. The predicted molar refractivity (Wildman–Crippen MR) is 97.9 cm³/mol. The molecule has 0 aliphatic heterocycles. The molecule has 2 rings (SSSR count). The molecule has 0 fully saturated rings. The standard InChI is InChI=1S/C18H19N3O3S/c1-13-7-14(2)9-17(8-13)21(25(3,23)24)12-18(22)20-16-6-4-5-15(10-16)11-19/h4-10H,12H2,1-3H3,(H,20,22). The summed E-state index contributed by atoms with van der Waals surface area (Å²) in [5.74, 6) is -0.486. The van der Waals surface area contributed by atoms with E-state index in [4.69, 9.17) is 5.26 Å². The van der Waals surface area contributed by atoms with Gasteiger partial charge in [-0.3, -0.25) is 9.10 Å². The molecule has 0 aliphatic rings. The number of sulfonamides is 1. The average Bonchev–Trinajstić information content (AvgIpc) is 2.50. The first kappa shape index (κ1) is 18.5. The van der Waals surface area contributed by atoms with Crippen LogP contribution in [-0.2, 0) is 14.8 Å². The molecule has 1 amide bonds. The van der Waals surface area contributed by atoms with Crippen LogP contribution in [0.15, 0.2) is 42.5 Å². The van der Waals surface area contributed by atoms with Gasteiger partial charge in [0.1, 0.15) is 6.54 Å². The number of anilines is 2. The molecule has 0 heterocycles. The Bertz CT molecular complexity index is 926. The van der Waals surface area contributed by atoms with E-state index in [0.717, 1.165) is 21.7 Å². The summed E-state index contributed by atoms with van der Waals surface area (Å²) >= 11 is 0. The summed E-state index contributed by atoms with van der Waals surface area (Å²) in [6, 6.07) is 13.8. The topological polar surface area (TPSA) is 90.3 Å². The zero-order valence-electron chi connectivity index (χ0n) is 14.3. The van der Waals surface area contributed by atoms with Crippen LogP contribution in [0.5, 0.6) is 0 Å². The number of carbonyl (C=O) groups is 1. The van der Waals surface area contributed by atoms with Gasteiger partial charge >= 0.3 is 0 Å². The van der Waals surface area contributed by atoms with Crippen molar-refractivity contribution in [2.75, 3.05) is 22.4 Å². The summed E-state index contributed by atoms with van der Waals surface area (Å²) in [6.07, 6.45) is 1.06. The summed E-state index contributed by atoms with van der Waals surface area (Å²) in [5, 5.41) is 11.5. The molecule has 0 atom stereocenters. The number of amides is 1. The third-order valence-electron chi connectivity index (χ3n) is 3.46. The Labute approximate surface area is 147 Å². The molecule has 25 heavy (non-hydrogen) atoms. The molecule has 1 N–H and O–H groups in total. The quantitative estimate of drug-likeness (QED) is 0.890. The van der Waals surface area contributed by atoms with Crippen LogP contribution < -0.4 is 9.62 Å². The monoisotopic (exact) mass is 357 g/mol. The van der Waals surface area contributed by atoms with Gasteiger partial charge in [-0.1, -0.05) is 12.1 Å². The highest BCUT2D eigenvalue weighted by Crippen LogP contribution is 2.21. The number of nitrogens with zero attached hydrogens (tertiary/aromatic N) is 2. The molecule has 0 aromatic heterocycles. The van der Waals surface area contributed by atoms with E-state index in [1.54, 1.807) is 30.3 Å². The lowest BCUT2D eigenvalue weighted by molar-refractivity contribution is -0.114. The van der Waals surface area contributed by atoms with Crippen LogP contribution in [0.25, 0.3) is 0 Å². The summed E-state index contributed by atoms with van der Waals surface area (Å²) in [7, 11) is -3.63. The van der Waals surface area contributed by atoms with Gasteiger partial charge in [-0.15, -0.1) is 0 Å². The Morgan fingerprint density at radius 2 is 1.80 bits per heavy atom. The number of aryl methyl sites for hydroxylation is 2. The average molecular weight is 357 g/mol. The second kappa shape index (κ2) is 7.36. The van der Waals surface area contributed by atoms with E-state index in [-0.39, 0.29) is 6.54 Å². The fraction of sp³-hybridized carbons (Fsp3) is 0.222. The first-order valence-corrected chi connectivity index (χ1v) is 9.40. The van der Waals surface area contributed by atoms with Crippen molar-refractivity contribution in [3.63, 3.8) is 0 Å². The van der Waals surface area contributed by atoms with Gasteiger partial charge in [-0.2, -0.15) is 5.26 Å². The first-order valence-electron chi connectivity index (χ1n) is 7.55. The van der Waals surface area contributed by atoms with E-state index in [1.807, 2.05) is 26.0 Å². The van der Waals surface area contributed by atoms with Gasteiger partial charge in [0.25, 0.3) is 0 Å². The van der Waals surface area contributed by atoms with Crippen molar-refractivity contribution in [2.45, 2.75) is 13.8 Å². The van der Waals surface area contributed by atoms with Crippen molar-refractivity contribution in [2.24, 2.45) is 0 Å². The van der Waals surface area contributed by atoms with Gasteiger partial charge in [0, 0.05) is 5.69 Å². The summed E-state index contributed by atoms with van der Waals surface area (Å²) in [5.41, 5.74) is 3.11. The highest BCUT2D eigenvalue weighted by atomic mass is 32.2. The molecule has 0 radical (unpaired) electrons. The van der Waals surface area contributed by atoms with Gasteiger partial charge in [-0.05, 0) is 55.3 Å². The Kier molecular flexibility index (Phi) is 5.45. The maximum Gasteiger partial charge on any atom is 0.245 e. The number of carbonyl (C=O) groups excluding carboxylic acids is 1. The minimum absolute atomic E-state index is 0.349. The van der Waals surface area contributed by atoms with Gasteiger partial charge in [-0.25, -0.2) is 8.42 Å². The molecule has 0 unspecified atom stereocenters. The van der Waals surface area contributed by atoms with Crippen molar-refractivity contribution in [1.29, 1.82) is 5.26 Å². The van der Waals surface area contributed by atoms with Gasteiger partial charge in [0.2, 0.25) is 15.9 Å². The van der Waals surface area contributed by atoms with E-state index < -0.39 is 15.9 Å². The highest BCUT2D eigenvalue weighted by molar-refractivity contribution is 7.92. The number of nitrogens with one attached hydrogen (secondary N) is 1. The molecular weight excluding hydrogens is 338 g/mol. The Hall–Kier alpha value is -2.85. The summed E-state index contributed by atoms with van der Waals surface area (Å²) in [6.45, 7) is 3.38. The number of hydrogen-bond donors (Lipinski definition) is 1. The van der Waals surface area contributed by atoms with E-state index in [1.165, 1.54) is 6.07 Å². The van der Waals surface area contributed by atoms with Crippen LogP contribution in [0.3, 0.4) is 0 Å². The molecule has 0 aliphatic carbocycles. The van der Waals surface area contributed by atoms with Crippen molar-refractivity contribution < 1.29 is 13.2 Å². The number of hydrogen-bond acceptors (Lipinski definition) is 4. The lowest BCUT2D eigenvalue weighted by atomic mass is 10.1. The zero-order valence-corrected chi connectivity index (χ0v) is 15.1. The minimum atomic E-state index is -3.63. The van der Waals surface area contributed by atoms with Crippen LogP contribution in [0.2, 0.25) is 0 Å². The molecule has 0 saturated carbocycles. The van der Waals surface area contributed by atoms with Crippen LogP contribution in [-0.4, -0.2) is 27.1 Å². The summed E-state index contributed by atoms with van der Waals surface area (Å²) in [4.78, 5) is 12.3. The molecular formula is C18H19N3O3S. The number of rotatable bonds is 5. The van der Waals surface area contributed by atoms with Crippen LogP contribution in [0.4, 0.5) is 11.4 Å². The molecule has 6 nitrogen and oxygen atoms in total. The molecule has 0 spiro atoms. The van der Waals surface area contributed by atoms with Crippen molar-refractivity contribution in [3.8, 4) is 6.07 Å². The normalized spacial score (nSPS) is 10.8. The Morgan fingerprint density at radius 3 is 2.36 bits per heavy atom. The van der Waals surface area contributed by atoms with E-state index in [2.05, 4.69) is 5.32 Å². The fourth-order valence-corrected chi connectivity index (χ4v) is 3.33. The minimum Gasteiger partial charge on any atom is -0.324 e. The lowest BCUT2D eigenvalue weighted by Crippen LogP contribution is -2.37. The van der Waals surface area contributed by atoms with Crippen molar-refractivity contribution in [1.82, 2.24) is 0 Å². The van der Waals surface area contributed by atoms with Crippen molar-refractivity contribution in [3.05, 3.63) is 59.2 Å². The van der Waals surface area contributed by atoms with E-state index in [0.29, 0.717) is 16.9 Å². The largest absolute Gasteiger partial charge is 0.324 e. The van der Waals surface area contributed by atoms with Gasteiger partial charge in [0.05, 0.1) is 23.6 Å². The van der Waals surface area contributed by atoms with Crippen LogP contribution >= 0.6 is 0 Å². The third kappa shape index (κ3) is 5.06.